The smallest absolute Gasteiger partial charge is 0.0995 e. The highest BCUT2D eigenvalue weighted by atomic mass is 15.2. The molecule has 1 aromatic rings. The van der Waals surface area contributed by atoms with Crippen molar-refractivity contribution in [1.29, 1.82) is 0 Å². The van der Waals surface area contributed by atoms with Gasteiger partial charge in [-0.05, 0) is 18.2 Å². The van der Waals surface area contributed by atoms with Crippen LogP contribution in [0.15, 0.2) is 81.5 Å². The lowest BCUT2D eigenvalue weighted by atomic mass is 10.1. The number of benzene rings is 1. The second-order valence-corrected chi connectivity index (χ2v) is 4.22. The molecule has 2 heterocycles. The Kier molecular flexibility index (Phi) is 3.60. The van der Waals surface area contributed by atoms with Crippen LogP contribution in [-0.4, -0.2) is 18.1 Å². The Labute approximate surface area is 117 Å². The normalized spacial score (nSPS) is 29.8. The molecule has 0 aliphatic carbocycles. The summed E-state index contributed by atoms with van der Waals surface area (Å²) in [6, 6.07) is 7.95. The van der Waals surface area contributed by atoms with E-state index in [2.05, 4.69) is 21.4 Å². The van der Waals surface area contributed by atoms with Gasteiger partial charge in [-0.25, -0.2) is 4.99 Å². The zero-order valence-corrected chi connectivity index (χ0v) is 10.8. The molecule has 20 heavy (non-hydrogen) atoms. The highest BCUT2D eigenvalue weighted by Gasteiger charge is 2.05. The van der Waals surface area contributed by atoms with Gasteiger partial charge >= 0.3 is 0 Å². The van der Waals surface area contributed by atoms with Crippen LogP contribution in [0.25, 0.3) is 6.08 Å². The van der Waals surface area contributed by atoms with Crippen molar-refractivity contribution in [2.45, 2.75) is 0 Å². The zero-order chi connectivity index (χ0) is 13.6. The van der Waals surface area contributed by atoms with E-state index in [0.717, 1.165) is 22.5 Å². The second kappa shape index (κ2) is 5.89. The molecule has 2 aliphatic rings. The summed E-state index contributed by atoms with van der Waals surface area (Å²) in [7, 11) is 0. The number of hydrogen-bond donors (Lipinski definition) is 0. The molecule has 0 unspecified atom stereocenters. The van der Waals surface area contributed by atoms with E-state index in [-0.39, 0.29) is 0 Å². The molecule has 0 N–H and O–H groups in total. The van der Waals surface area contributed by atoms with Gasteiger partial charge < -0.3 is 0 Å². The van der Waals surface area contributed by atoms with E-state index < -0.39 is 0 Å². The maximum atomic E-state index is 4.40. The number of para-hydroxylation sites is 1. The Hall–Kier alpha value is -2.81. The molecule has 3 nitrogen and oxygen atoms in total. The van der Waals surface area contributed by atoms with Gasteiger partial charge in [0.05, 0.1) is 17.6 Å². The fraction of sp³-hybridized carbons (Fsp3) is 0. The Morgan fingerprint density at radius 1 is 0.900 bits per heavy atom. The molecule has 1 radical (unpaired) electrons. The summed E-state index contributed by atoms with van der Waals surface area (Å²) in [5, 5.41) is 8.12. The molecule has 95 valence electrons. The zero-order valence-electron chi connectivity index (χ0n) is 10.8. The van der Waals surface area contributed by atoms with Gasteiger partial charge in [0, 0.05) is 17.4 Å². The van der Waals surface area contributed by atoms with Crippen LogP contribution in [0, 0.1) is 0 Å². The van der Waals surface area contributed by atoms with E-state index in [1.54, 1.807) is 6.21 Å². The molecular formula is C17H12N3. The lowest BCUT2D eigenvalue weighted by Gasteiger charge is -2.04. The largest absolute Gasteiger partial charge is 0.245 e. The van der Waals surface area contributed by atoms with Crippen molar-refractivity contribution in [2.75, 3.05) is 0 Å². The first-order chi connectivity index (χ1) is 9.93. The van der Waals surface area contributed by atoms with Gasteiger partial charge in [-0.15, -0.1) is 0 Å². The van der Waals surface area contributed by atoms with Crippen molar-refractivity contribution in [1.82, 2.24) is 0 Å². The fourth-order valence-electron chi connectivity index (χ4n) is 1.85. The first-order valence-electron chi connectivity index (χ1n) is 6.32. The fourth-order valence-corrected chi connectivity index (χ4v) is 1.85. The van der Waals surface area contributed by atoms with Crippen molar-refractivity contribution in [3.05, 3.63) is 71.9 Å². The van der Waals surface area contributed by atoms with Crippen LogP contribution in [0.5, 0.6) is 0 Å². The Bertz CT molecular complexity index is 714. The summed E-state index contributed by atoms with van der Waals surface area (Å²) in [5.74, 6) is 0. The number of allylic oxidation sites excluding steroid dienone is 7. The highest BCUT2D eigenvalue weighted by Crippen LogP contribution is 2.21. The summed E-state index contributed by atoms with van der Waals surface area (Å²) >= 11 is 0. The third-order valence-corrected chi connectivity index (χ3v) is 2.84. The van der Waals surface area contributed by atoms with Crippen LogP contribution in [0.2, 0.25) is 0 Å². The SMILES string of the molecule is [C]1=N/c2ccccc2\C=C/C=C\1C1=N/N=C\C=C/C=C\1. The molecule has 0 saturated carbocycles. The molecule has 0 spiro atoms. The topological polar surface area (TPSA) is 37.1 Å². The molecule has 1 aromatic carbocycles. The van der Waals surface area contributed by atoms with Crippen LogP contribution in [0.1, 0.15) is 5.56 Å². The highest BCUT2D eigenvalue weighted by molar-refractivity contribution is 6.22. The van der Waals surface area contributed by atoms with Crippen LogP contribution < -0.4 is 0 Å². The maximum Gasteiger partial charge on any atom is 0.0995 e. The predicted molar refractivity (Wildman–Crippen MR) is 84.9 cm³/mol. The third-order valence-electron chi connectivity index (χ3n) is 2.84. The van der Waals surface area contributed by atoms with Gasteiger partial charge in [0.1, 0.15) is 0 Å². The van der Waals surface area contributed by atoms with Crippen molar-refractivity contribution in [3.63, 3.8) is 0 Å². The van der Waals surface area contributed by atoms with Gasteiger partial charge in [0.2, 0.25) is 0 Å². The summed E-state index contributed by atoms with van der Waals surface area (Å²) in [6.45, 7) is 0. The minimum atomic E-state index is 0.735. The van der Waals surface area contributed by atoms with E-state index >= 15 is 0 Å². The number of fused-ring (bicyclic) bond motifs is 1. The molecule has 3 heteroatoms. The Morgan fingerprint density at radius 3 is 2.85 bits per heavy atom. The minimum absolute atomic E-state index is 0.735. The second-order valence-electron chi connectivity index (χ2n) is 4.22. The molecule has 3 rings (SSSR count). The quantitative estimate of drug-likeness (QED) is 0.735. The monoisotopic (exact) mass is 258 g/mol. The van der Waals surface area contributed by atoms with Gasteiger partial charge in [-0.2, -0.15) is 10.2 Å². The molecule has 0 aromatic heterocycles. The van der Waals surface area contributed by atoms with Crippen LogP contribution in [-0.2, 0) is 0 Å². The van der Waals surface area contributed by atoms with Crippen molar-refractivity contribution >= 4 is 29.9 Å². The molecule has 0 bridgehead atoms. The van der Waals surface area contributed by atoms with E-state index in [4.69, 9.17) is 0 Å². The summed E-state index contributed by atoms with van der Waals surface area (Å²) in [5.41, 5.74) is 3.51. The summed E-state index contributed by atoms with van der Waals surface area (Å²) < 4.78 is 0. The third kappa shape index (κ3) is 2.78. The van der Waals surface area contributed by atoms with Crippen LogP contribution in [0.4, 0.5) is 5.69 Å². The average Bonchev–Trinajstić information content (AvgIpc) is 2.41. The average molecular weight is 258 g/mol. The molecule has 0 amide bonds. The maximum absolute atomic E-state index is 4.40. The van der Waals surface area contributed by atoms with Crippen molar-refractivity contribution in [2.24, 2.45) is 15.2 Å². The number of aliphatic imine (C=N–C) groups is 1. The number of nitrogens with zero attached hydrogens (tertiary/aromatic N) is 3. The molecule has 0 fully saturated rings. The number of rotatable bonds is 1. The molecule has 0 atom stereocenters. The standard InChI is InChI=1S/C17H12N3/c1-2-11-17(20-19-12-5-1)15-9-6-8-14-7-3-4-10-16(14)18-13-15/h1-12H/b2-1?,5-1-,8-6-,9-6?,11-2-,12-5?,14-8?,15-9+,15-13?,17-11?,18-13?,18-16?,19-12-,20-17+,20-19?. The summed E-state index contributed by atoms with van der Waals surface area (Å²) in [4.78, 5) is 4.40. The van der Waals surface area contributed by atoms with Crippen molar-refractivity contribution in [3.8, 4) is 0 Å². The first-order valence-corrected chi connectivity index (χ1v) is 6.32. The van der Waals surface area contributed by atoms with E-state index in [9.17, 15) is 0 Å². The first kappa shape index (κ1) is 12.2. The van der Waals surface area contributed by atoms with E-state index in [0.29, 0.717) is 0 Å². The van der Waals surface area contributed by atoms with Crippen molar-refractivity contribution < 1.29 is 0 Å². The predicted octanol–water partition coefficient (Wildman–Crippen LogP) is 3.77. The van der Waals surface area contributed by atoms with Gasteiger partial charge in [0.25, 0.3) is 0 Å². The lowest BCUT2D eigenvalue weighted by molar-refractivity contribution is 1.25. The Morgan fingerprint density at radius 2 is 1.85 bits per heavy atom. The van der Waals surface area contributed by atoms with Gasteiger partial charge in [0.15, 0.2) is 0 Å². The molecular weight excluding hydrogens is 246 g/mol. The summed E-state index contributed by atoms with van der Waals surface area (Å²) in [6.07, 6.45) is 18.2. The Balaban J connectivity index is 1.97. The molecule has 2 aliphatic heterocycles. The minimum Gasteiger partial charge on any atom is -0.245 e. The molecule has 0 saturated heterocycles. The lowest BCUT2D eigenvalue weighted by Crippen LogP contribution is -2.01. The van der Waals surface area contributed by atoms with Gasteiger partial charge in [-0.3, -0.25) is 0 Å². The van der Waals surface area contributed by atoms with Gasteiger partial charge in [-0.1, -0.05) is 48.6 Å². The van der Waals surface area contributed by atoms with Crippen LogP contribution in [0.3, 0.4) is 0 Å². The number of hydrogen-bond acceptors (Lipinski definition) is 3. The van der Waals surface area contributed by atoms with E-state index in [1.807, 2.05) is 66.8 Å². The van der Waals surface area contributed by atoms with Crippen LogP contribution >= 0.6 is 0 Å². The van der Waals surface area contributed by atoms with E-state index in [1.165, 1.54) is 0 Å².